The number of benzene rings is 1. The number of carbonyl (C=O) groups excluding carboxylic acids is 1. The van der Waals surface area contributed by atoms with Crippen molar-refractivity contribution in [2.45, 2.75) is 51.6 Å². The van der Waals surface area contributed by atoms with Gasteiger partial charge in [-0.05, 0) is 30.2 Å². The Balaban J connectivity index is 1.99. The summed E-state index contributed by atoms with van der Waals surface area (Å²) in [5.41, 5.74) is 6.94. The number of amides is 1. The third kappa shape index (κ3) is 3.60. The van der Waals surface area contributed by atoms with Gasteiger partial charge in [-0.3, -0.25) is 4.79 Å². The van der Waals surface area contributed by atoms with Crippen LogP contribution in [0.15, 0.2) is 30.3 Å². The van der Waals surface area contributed by atoms with Crippen LogP contribution >= 0.6 is 0 Å². The number of hydrogen-bond donors (Lipinski definition) is 2. The topological polar surface area (TPSA) is 55.1 Å². The monoisotopic (exact) mass is 274 g/mol. The highest BCUT2D eigenvalue weighted by atomic mass is 16.2. The second kappa shape index (κ2) is 6.89. The van der Waals surface area contributed by atoms with E-state index < -0.39 is 6.04 Å². The van der Waals surface area contributed by atoms with Gasteiger partial charge in [0.1, 0.15) is 6.04 Å². The second-order valence-corrected chi connectivity index (χ2v) is 6.20. The van der Waals surface area contributed by atoms with E-state index in [1.165, 1.54) is 19.3 Å². The summed E-state index contributed by atoms with van der Waals surface area (Å²) in [7, 11) is 0. The molecule has 1 aromatic carbocycles. The molecule has 0 heterocycles. The molecule has 3 unspecified atom stereocenters. The summed E-state index contributed by atoms with van der Waals surface area (Å²) >= 11 is 0. The second-order valence-electron chi connectivity index (χ2n) is 6.20. The minimum Gasteiger partial charge on any atom is -0.351 e. The summed E-state index contributed by atoms with van der Waals surface area (Å²) in [6.45, 7) is 4.48. The van der Waals surface area contributed by atoms with E-state index in [2.05, 4.69) is 19.2 Å². The summed E-state index contributed by atoms with van der Waals surface area (Å²) < 4.78 is 0. The minimum absolute atomic E-state index is 0.0475. The molecule has 3 atom stereocenters. The van der Waals surface area contributed by atoms with Crippen LogP contribution in [0.5, 0.6) is 0 Å². The fourth-order valence-corrected chi connectivity index (χ4v) is 3.22. The first-order valence-electron chi connectivity index (χ1n) is 7.70. The van der Waals surface area contributed by atoms with Gasteiger partial charge in [0.05, 0.1) is 0 Å². The SMILES string of the molecule is CC(C)C1CCCCC1NC(=O)C(N)c1ccccc1. The molecule has 1 aliphatic carbocycles. The largest absolute Gasteiger partial charge is 0.351 e. The lowest BCUT2D eigenvalue weighted by molar-refractivity contribution is -0.124. The van der Waals surface area contributed by atoms with Crippen molar-refractivity contribution in [3.05, 3.63) is 35.9 Å². The summed E-state index contributed by atoms with van der Waals surface area (Å²) in [6.07, 6.45) is 4.77. The predicted molar refractivity (Wildman–Crippen MR) is 82.1 cm³/mol. The quantitative estimate of drug-likeness (QED) is 0.886. The minimum atomic E-state index is -0.564. The average molecular weight is 274 g/mol. The van der Waals surface area contributed by atoms with Gasteiger partial charge >= 0.3 is 0 Å². The van der Waals surface area contributed by atoms with Crippen LogP contribution < -0.4 is 11.1 Å². The molecular weight excluding hydrogens is 248 g/mol. The van der Waals surface area contributed by atoms with Crippen molar-refractivity contribution < 1.29 is 4.79 Å². The molecule has 0 bridgehead atoms. The number of carbonyl (C=O) groups is 1. The molecule has 1 amide bonds. The zero-order chi connectivity index (χ0) is 14.5. The van der Waals surface area contributed by atoms with Crippen molar-refractivity contribution in [3.8, 4) is 0 Å². The van der Waals surface area contributed by atoms with Crippen LogP contribution in [0.25, 0.3) is 0 Å². The lowest BCUT2D eigenvalue weighted by Crippen LogP contribution is -2.47. The standard InChI is InChI=1S/C17H26N2O/c1-12(2)14-10-6-7-11-15(14)19-17(20)16(18)13-8-4-3-5-9-13/h3-5,8-9,12,14-16H,6-7,10-11,18H2,1-2H3,(H,19,20). The molecule has 1 aliphatic rings. The Kier molecular flexibility index (Phi) is 5.18. The maximum atomic E-state index is 12.3. The first kappa shape index (κ1) is 15.0. The Morgan fingerprint density at radius 2 is 1.85 bits per heavy atom. The molecule has 2 rings (SSSR count). The van der Waals surface area contributed by atoms with Gasteiger partial charge in [0.2, 0.25) is 5.91 Å². The maximum Gasteiger partial charge on any atom is 0.241 e. The van der Waals surface area contributed by atoms with Crippen molar-refractivity contribution in [3.63, 3.8) is 0 Å². The van der Waals surface area contributed by atoms with E-state index in [4.69, 9.17) is 5.73 Å². The van der Waals surface area contributed by atoms with Crippen LogP contribution in [-0.4, -0.2) is 11.9 Å². The Morgan fingerprint density at radius 1 is 1.20 bits per heavy atom. The van der Waals surface area contributed by atoms with Crippen molar-refractivity contribution in [2.24, 2.45) is 17.6 Å². The molecule has 20 heavy (non-hydrogen) atoms. The Labute approximate surface area is 121 Å². The normalized spacial score (nSPS) is 24.4. The third-order valence-electron chi connectivity index (χ3n) is 4.44. The van der Waals surface area contributed by atoms with E-state index in [9.17, 15) is 4.79 Å². The van der Waals surface area contributed by atoms with Gasteiger partial charge < -0.3 is 11.1 Å². The van der Waals surface area contributed by atoms with Gasteiger partial charge in [-0.25, -0.2) is 0 Å². The first-order chi connectivity index (χ1) is 9.59. The Hall–Kier alpha value is -1.35. The van der Waals surface area contributed by atoms with Crippen LogP contribution in [0, 0.1) is 11.8 Å². The van der Waals surface area contributed by atoms with E-state index in [-0.39, 0.29) is 11.9 Å². The van der Waals surface area contributed by atoms with Crippen molar-refractivity contribution in [1.82, 2.24) is 5.32 Å². The van der Waals surface area contributed by atoms with E-state index in [1.54, 1.807) is 0 Å². The Morgan fingerprint density at radius 3 is 2.50 bits per heavy atom. The molecule has 0 aromatic heterocycles. The highest BCUT2D eigenvalue weighted by Gasteiger charge is 2.30. The summed E-state index contributed by atoms with van der Waals surface area (Å²) in [6, 6.07) is 9.30. The van der Waals surface area contributed by atoms with Crippen LogP contribution in [0.4, 0.5) is 0 Å². The van der Waals surface area contributed by atoms with Gasteiger partial charge in [0.25, 0.3) is 0 Å². The first-order valence-corrected chi connectivity index (χ1v) is 7.70. The summed E-state index contributed by atoms with van der Waals surface area (Å²) in [4.78, 5) is 12.3. The van der Waals surface area contributed by atoms with Gasteiger partial charge in [-0.15, -0.1) is 0 Å². The predicted octanol–water partition coefficient (Wildman–Crippen LogP) is 3.02. The van der Waals surface area contributed by atoms with Crippen LogP contribution in [-0.2, 0) is 4.79 Å². The van der Waals surface area contributed by atoms with E-state index >= 15 is 0 Å². The molecule has 3 nitrogen and oxygen atoms in total. The molecule has 1 aromatic rings. The number of nitrogens with two attached hydrogens (primary N) is 1. The number of hydrogen-bond acceptors (Lipinski definition) is 2. The van der Waals surface area contributed by atoms with Crippen LogP contribution in [0.1, 0.15) is 51.1 Å². The molecule has 0 spiro atoms. The van der Waals surface area contributed by atoms with Gasteiger partial charge in [0.15, 0.2) is 0 Å². The third-order valence-corrected chi connectivity index (χ3v) is 4.44. The van der Waals surface area contributed by atoms with Crippen molar-refractivity contribution in [2.75, 3.05) is 0 Å². The summed E-state index contributed by atoms with van der Waals surface area (Å²) in [5.74, 6) is 1.14. The van der Waals surface area contributed by atoms with Crippen LogP contribution in [0.2, 0.25) is 0 Å². The molecule has 0 aliphatic heterocycles. The number of nitrogens with one attached hydrogen (secondary N) is 1. The lowest BCUT2D eigenvalue weighted by atomic mass is 9.77. The van der Waals surface area contributed by atoms with Crippen LogP contribution in [0.3, 0.4) is 0 Å². The summed E-state index contributed by atoms with van der Waals surface area (Å²) in [5, 5.41) is 3.18. The zero-order valence-electron chi connectivity index (χ0n) is 12.5. The molecule has 1 saturated carbocycles. The van der Waals surface area contributed by atoms with Gasteiger partial charge in [0, 0.05) is 6.04 Å². The van der Waals surface area contributed by atoms with Crippen molar-refractivity contribution >= 4 is 5.91 Å². The molecule has 110 valence electrons. The maximum absolute atomic E-state index is 12.3. The van der Waals surface area contributed by atoms with E-state index in [1.807, 2.05) is 30.3 Å². The molecular formula is C17H26N2O. The fraction of sp³-hybridized carbons (Fsp3) is 0.588. The van der Waals surface area contributed by atoms with E-state index in [0.29, 0.717) is 11.8 Å². The molecule has 3 heteroatoms. The molecule has 1 fully saturated rings. The molecule has 0 saturated heterocycles. The van der Waals surface area contributed by atoms with Crippen molar-refractivity contribution in [1.29, 1.82) is 0 Å². The smallest absolute Gasteiger partial charge is 0.241 e. The van der Waals surface area contributed by atoms with Gasteiger partial charge in [-0.1, -0.05) is 57.0 Å². The van der Waals surface area contributed by atoms with E-state index in [0.717, 1.165) is 12.0 Å². The lowest BCUT2D eigenvalue weighted by Gasteiger charge is -2.35. The zero-order valence-corrected chi connectivity index (χ0v) is 12.5. The number of rotatable bonds is 4. The highest BCUT2D eigenvalue weighted by Crippen LogP contribution is 2.30. The fourth-order valence-electron chi connectivity index (χ4n) is 3.22. The highest BCUT2D eigenvalue weighted by molar-refractivity contribution is 5.83. The molecule has 0 radical (unpaired) electrons. The Bertz CT molecular complexity index is 430. The average Bonchev–Trinajstić information content (AvgIpc) is 2.47. The molecule has 3 N–H and O–H groups in total. The van der Waals surface area contributed by atoms with Gasteiger partial charge in [-0.2, -0.15) is 0 Å².